The second kappa shape index (κ2) is 8.22. The summed E-state index contributed by atoms with van der Waals surface area (Å²) in [6.07, 6.45) is 0. The largest absolute Gasteiger partial charge is 0.495 e. The van der Waals surface area contributed by atoms with Crippen LogP contribution in [-0.2, 0) is 4.84 Å². The van der Waals surface area contributed by atoms with Gasteiger partial charge in [0, 0.05) is 32.7 Å². The Balaban J connectivity index is 0.00000180. The average Bonchev–Trinajstić information content (AvgIpc) is 2.45. The van der Waals surface area contributed by atoms with Gasteiger partial charge in [-0.25, -0.2) is 5.90 Å². The molecule has 1 fully saturated rings. The molecule has 0 saturated carbocycles. The third kappa shape index (κ3) is 4.24. The van der Waals surface area contributed by atoms with E-state index >= 15 is 0 Å². The summed E-state index contributed by atoms with van der Waals surface area (Å²) in [5.41, 5.74) is 1.18. The van der Waals surface area contributed by atoms with E-state index < -0.39 is 0 Å². The van der Waals surface area contributed by atoms with Crippen LogP contribution in [-0.4, -0.2) is 51.3 Å². The Hall–Kier alpha value is -1.01. The van der Waals surface area contributed by atoms with Gasteiger partial charge in [0.2, 0.25) is 0 Å². The minimum absolute atomic E-state index is 0. The molecule has 19 heavy (non-hydrogen) atoms. The Bertz CT molecular complexity index is 371. The summed E-state index contributed by atoms with van der Waals surface area (Å²) in [4.78, 5) is 9.34. The van der Waals surface area contributed by atoms with E-state index in [2.05, 4.69) is 20.7 Å². The second-order valence-corrected chi connectivity index (χ2v) is 4.37. The number of nitrogens with zero attached hydrogens (tertiary/aromatic N) is 2. The number of rotatable bonds is 5. The fourth-order valence-corrected chi connectivity index (χ4v) is 2.29. The molecule has 1 aliphatic heterocycles. The van der Waals surface area contributed by atoms with Crippen LogP contribution in [0.3, 0.4) is 0 Å². The van der Waals surface area contributed by atoms with Crippen LogP contribution in [0.25, 0.3) is 0 Å². The highest BCUT2D eigenvalue weighted by Gasteiger charge is 2.18. The summed E-state index contributed by atoms with van der Waals surface area (Å²) in [7, 11) is 1.72. The van der Waals surface area contributed by atoms with Gasteiger partial charge >= 0.3 is 0 Å². The minimum atomic E-state index is 0. The maximum absolute atomic E-state index is 5.40. The highest BCUT2D eigenvalue weighted by Crippen LogP contribution is 2.28. The highest BCUT2D eigenvalue weighted by atomic mass is 35.5. The lowest BCUT2D eigenvalue weighted by molar-refractivity contribution is 0.103. The molecule has 0 aliphatic carbocycles. The van der Waals surface area contributed by atoms with E-state index in [1.807, 2.05) is 18.2 Å². The smallest absolute Gasteiger partial charge is 0.142 e. The summed E-state index contributed by atoms with van der Waals surface area (Å²) in [6, 6.07) is 8.16. The van der Waals surface area contributed by atoms with Gasteiger partial charge in [0.05, 0.1) is 19.4 Å². The fourth-order valence-electron chi connectivity index (χ4n) is 2.29. The molecule has 1 heterocycles. The van der Waals surface area contributed by atoms with Crippen molar-refractivity contribution < 1.29 is 9.57 Å². The van der Waals surface area contributed by atoms with Crippen molar-refractivity contribution in [1.82, 2.24) is 4.90 Å². The molecule has 1 aliphatic rings. The zero-order valence-corrected chi connectivity index (χ0v) is 12.1. The Morgan fingerprint density at radius 2 is 1.84 bits per heavy atom. The standard InChI is InChI=1S/C13H21N3O2.ClH/c1-17-13-5-3-2-4-12(13)16-8-6-15(7-9-16)10-11-18-14;/h2-5H,6-11,14H2,1H3;1H. The zero-order valence-electron chi connectivity index (χ0n) is 11.2. The van der Waals surface area contributed by atoms with Gasteiger partial charge < -0.3 is 14.5 Å². The molecule has 0 aromatic heterocycles. The highest BCUT2D eigenvalue weighted by molar-refractivity contribution is 5.85. The van der Waals surface area contributed by atoms with Crippen LogP contribution in [0.15, 0.2) is 24.3 Å². The van der Waals surface area contributed by atoms with Crippen molar-refractivity contribution in [2.45, 2.75) is 0 Å². The summed E-state index contributed by atoms with van der Waals surface area (Å²) in [6.45, 7) is 5.56. The number of halogens is 1. The van der Waals surface area contributed by atoms with E-state index in [4.69, 9.17) is 10.6 Å². The molecule has 2 N–H and O–H groups in total. The summed E-state index contributed by atoms with van der Waals surface area (Å²) in [5, 5.41) is 0. The third-order valence-electron chi connectivity index (χ3n) is 3.32. The maximum atomic E-state index is 5.40. The first-order valence-electron chi connectivity index (χ1n) is 6.27. The number of methoxy groups -OCH3 is 1. The van der Waals surface area contributed by atoms with Crippen molar-refractivity contribution in [3.8, 4) is 5.75 Å². The van der Waals surface area contributed by atoms with Gasteiger partial charge in [0.25, 0.3) is 0 Å². The molecule has 5 nitrogen and oxygen atoms in total. The number of hydrogen-bond acceptors (Lipinski definition) is 5. The molecule has 2 rings (SSSR count). The Morgan fingerprint density at radius 3 is 2.47 bits per heavy atom. The van der Waals surface area contributed by atoms with Crippen molar-refractivity contribution in [2.75, 3.05) is 51.3 Å². The normalized spacial score (nSPS) is 16.0. The van der Waals surface area contributed by atoms with E-state index in [0.717, 1.165) is 38.5 Å². The molecule has 0 radical (unpaired) electrons. The molecular weight excluding hydrogens is 266 g/mol. The van der Waals surface area contributed by atoms with Crippen molar-refractivity contribution in [1.29, 1.82) is 0 Å². The van der Waals surface area contributed by atoms with Crippen LogP contribution >= 0.6 is 12.4 Å². The Morgan fingerprint density at radius 1 is 1.16 bits per heavy atom. The summed E-state index contributed by atoms with van der Waals surface area (Å²) < 4.78 is 5.40. The fraction of sp³-hybridized carbons (Fsp3) is 0.538. The number of benzene rings is 1. The van der Waals surface area contributed by atoms with Crippen molar-refractivity contribution in [3.63, 3.8) is 0 Å². The second-order valence-electron chi connectivity index (χ2n) is 4.37. The van der Waals surface area contributed by atoms with Crippen molar-refractivity contribution in [2.24, 2.45) is 5.90 Å². The van der Waals surface area contributed by atoms with Gasteiger partial charge in [0.15, 0.2) is 0 Å². The van der Waals surface area contributed by atoms with Gasteiger partial charge in [-0.1, -0.05) is 12.1 Å². The van der Waals surface area contributed by atoms with E-state index in [1.165, 1.54) is 5.69 Å². The van der Waals surface area contributed by atoms with E-state index in [9.17, 15) is 0 Å². The summed E-state index contributed by atoms with van der Waals surface area (Å²) >= 11 is 0. The van der Waals surface area contributed by atoms with Crippen LogP contribution in [0.2, 0.25) is 0 Å². The van der Waals surface area contributed by atoms with E-state index in [1.54, 1.807) is 7.11 Å². The predicted octanol–water partition coefficient (Wildman–Crippen LogP) is 1.13. The molecule has 6 heteroatoms. The lowest BCUT2D eigenvalue weighted by Crippen LogP contribution is -2.47. The lowest BCUT2D eigenvalue weighted by atomic mass is 10.2. The monoisotopic (exact) mass is 287 g/mol. The van der Waals surface area contributed by atoms with Gasteiger partial charge in [-0.15, -0.1) is 12.4 Å². The molecule has 1 saturated heterocycles. The Kier molecular flexibility index (Phi) is 6.94. The number of para-hydroxylation sites is 2. The lowest BCUT2D eigenvalue weighted by Gasteiger charge is -2.36. The van der Waals surface area contributed by atoms with E-state index in [0.29, 0.717) is 6.61 Å². The minimum Gasteiger partial charge on any atom is -0.495 e. The first-order chi connectivity index (χ1) is 8.85. The van der Waals surface area contributed by atoms with Gasteiger partial charge in [0.1, 0.15) is 5.75 Å². The number of hydrogen-bond donors (Lipinski definition) is 1. The topological polar surface area (TPSA) is 51.0 Å². The molecule has 0 amide bonds. The summed E-state index contributed by atoms with van der Waals surface area (Å²) in [5.74, 6) is 5.99. The van der Waals surface area contributed by atoms with Gasteiger partial charge in [-0.3, -0.25) is 4.90 Å². The molecule has 0 bridgehead atoms. The first-order valence-corrected chi connectivity index (χ1v) is 6.27. The van der Waals surface area contributed by atoms with Crippen LogP contribution in [0, 0.1) is 0 Å². The SMILES string of the molecule is COc1ccccc1N1CCN(CCON)CC1.Cl. The number of ether oxygens (including phenoxy) is 1. The van der Waals surface area contributed by atoms with Gasteiger partial charge in [-0.05, 0) is 12.1 Å². The number of anilines is 1. The molecular formula is C13H22ClN3O2. The average molecular weight is 288 g/mol. The zero-order chi connectivity index (χ0) is 12.8. The van der Waals surface area contributed by atoms with Crippen LogP contribution < -0.4 is 15.5 Å². The Labute approximate surface area is 120 Å². The van der Waals surface area contributed by atoms with Crippen LogP contribution in [0.1, 0.15) is 0 Å². The van der Waals surface area contributed by atoms with Crippen LogP contribution in [0.5, 0.6) is 5.75 Å². The maximum Gasteiger partial charge on any atom is 0.142 e. The molecule has 1 aromatic rings. The van der Waals surface area contributed by atoms with Gasteiger partial charge in [-0.2, -0.15) is 0 Å². The molecule has 0 atom stereocenters. The first kappa shape index (κ1) is 16.0. The predicted molar refractivity (Wildman–Crippen MR) is 79.0 cm³/mol. The quantitative estimate of drug-likeness (QED) is 0.823. The number of piperazine rings is 1. The molecule has 0 unspecified atom stereocenters. The van der Waals surface area contributed by atoms with E-state index in [-0.39, 0.29) is 12.4 Å². The number of nitrogens with two attached hydrogens (primary N) is 1. The molecule has 1 aromatic carbocycles. The van der Waals surface area contributed by atoms with Crippen molar-refractivity contribution >= 4 is 18.1 Å². The van der Waals surface area contributed by atoms with Crippen molar-refractivity contribution in [3.05, 3.63) is 24.3 Å². The molecule has 0 spiro atoms. The van der Waals surface area contributed by atoms with Crippen LogP contribution in [0.4, 0.5) is 5.69 Å². The molecule has 108 valence electrons. The third-order valence-corrected chi connectivity index (χ3v) is 3.32.